The Hall–Kier alpha value is -1.86. The number of benzene rings is 1. The van der Waals surface area contributed by atoms with Crippen molar-refractivity contribution in [1.29, 1.82) is 5.26 Å². The number of hydrazine groups is 1. The molecule has 0 saturated carbocycles. The lowest BCUT2D eigenvalue weighted by Gasteiger charge is -1.99. The molecule has 13 heavy (non-hydrogen) atoms. The van der Waals surface area contributed by atoms with Crippen molar-refractivity contribution in [2.45, 2.75) is 6.42 Å². The number of amides is 1. The van der Waals surface area contributed by atoms with Gasteiger partial charge in [0, 0.05) is 5.56 Å². The van der Waals surface area contributed by atoms with Crippen LogP contribution in [0.3, 0.4) is 0 Å². The van der Waals surface area contributed by atoms with Crippen molar-refractivity contribution >= 4 is 5.91 Å². The second-order valence-electron chi connectivity index (χ2n) is 2.51. The van der Waals surface area contributed by atoms with Gasteiger partial charge in [-0.05, 0) is 17.7 Å². The van der Waals surface area contributed by atoms with Crippen LogP contribution in [0.4, 0.5) is 0 Å². The predicted octanol–water partition coefficient (Wildman–Crippen LogP) is 0.356. The minimum Gasteiger partial charge on any atom is -0.290 e. The molecule has 0 fully saturated rings. The van der Waals surface area contributed by atoms with Crippen molar-refractivity contribution in [2.75, 3.05) is 0 Å². The molecule has 66 valence electrons. The van der Waals surface area contributed by atoms with Gasteiger partial charge in [0.2, 0.25) is 0 Å². The molecular formula is C9H9N3O. The second-order valence-corrected chi connectivity index (χ2v) is 2.51. The van der Waals surface area contributed by atoms with E-state index in [1.807, 2.05) is 11.5 Å². The van der Waals surface area contributed by atoms with E-state index in [1.54, 1.807) is 24.3 Å². The van der Waals surface area contributed by atoms with E-state index in [1.165, 1.54) is 0 Å². The fourth-order valence-corrected chi connectivity index (χ4v) is 0.949. The summed E-state index contributed by atoms with van der Waals surface area (Å²) in [6.07, 6.45) is 0.352. The maximum atomic E-state index is 11.0. The van der Waals surface area contributed by atoms with Crippen molar-refractivity contribution in [3.05, 3.63) is 35.4 Å². The number of nitrogen functional groups attached to an aromatic ring is 1. The fraction of sp³-hybridized carbons (Fsp3) is 0.111. The van der Waals surface area contributed by atoms with Crippen molar-refractivity contribution in [3.8, 4) is 6.07 Å². The van der Waals surface area contributed by atoms with Crippen LogP contribution in [-0.2, 0) is 6.42 Å². The van der Waals surface area contributed by atoms with Crippen LogP contribution in [0.5, 0.6) is 0 Å². The van der Waals surface area contributed by atoms with E-state index in [4.69, 9.17) is 11.1 Å². The maximum absolute atomic E-state index is 11.0. The van der Waals surface area contributed by atoms with Gasteiger partial charge in [-0.3, -0.25) is 10.2 Å². The maximum Gasteiger partial charge on any atom is 0.265 e. The van der Waals surface area contributed by atoms with Crippen LogP contribution < -0.4 is 11.3 Å². The van der Waals surface area contributed by atoms with Gasteiger partial charge in [0.15, 0.2) is 0 Å². The van der Waals surface area contributed by atoms with Gasteiger partial charge in [-0.2, -0.15) is 5.26 Å². The lowest BCUT2D eigenvalue weighted by atomic mass is 10.1. The molecule has 1 amide bonds. The van der Waals surface area contributed by atoms with E-state index in [9.17, 15) is 4.79 Å². The normalized spacial score (nSPS) is 8.92. The van der Waals surface area contributed by atoms with Crippen molar-refractivity contribution in [2.24, 2.45) is 5.84 Å². The Balaban J connectivity index is 2.82. The zero-order chi connectivity index (χ0) is 9.68. The van der Waals surface area contributed by atoms with Gasteiger partial charge >= 0.3 is 0 Å². The van der Waals surface area contributed by atoms with E-state index < -0.39 is 0 Å². The summed E-state index contributed by atoms with van der Waals surface area (Å²) in [6.45, 7) is 0. The Labute approximate surface area is 75.9 Å². The zero-order valence-electron chi connectivity index (χ0n) is 6.95. The third-order valence-electron chi connectivity index (χ3n) is 1.63. The Morgan fingerprint density at radius 3 is 2.54 bits per heavy atom. The van der Waals surface area contributed by atoms with Gasteiger partial charge in [0.1, 0.15) is 0 Å². The van der Waals surface area contributed by atoms with Crippen LogP contribution in [0.25, 0.3) is 0 Å². The molecule has 1 aromatic rings. The first-order valence-corrected chi connectivity index (χ1v) is 3.74. The summed E-state index contributed by atoms with van der Waals surface area (Å²) >= 11 is 0. The topological polar surface area (TPSA) is 78.9 Å². The van der Waals surface area contributed by atoms with E-state index >= 15 is 0 Å². The van der Waals surface area contributed by atoms with E-state index in [0.717, 1.165) is 5.56 Å². The highest BCUT2D eigenvalue weighted by Crippen LogP contribution is 2.04. The predicted molar refractivity (Wildman–Crippen MR) is 47.4 cm³/mol. The molecule has 0 aromatic heterocycles. The highest BCUT2D eigenvalue weighted by molar-refractivity contribution is 5.93. The molecule has 0 unspecified atom stereocenters. The Kier molecular flexibility index (Phi) is 3.01. The Morgan fingerprint density at radius 1 is 1.46 bits per heavy atom. The third-order valence-corrected chi connectivity index (χ3v) is 1.63. The summed E-state index contributed by atoms with van der Waals surface area (Å²) < 4.78 is 0. The van der Waals surface area contributed by atoms with Gasteiger partial charge in [-0.25, -0.2) is 5.84 Å². The van der Waals surface area contributed by atoms with Crippen molar-refractivity contribution in [3.63, 3.8) is 0 Å². The Bertz CT molecular complexity index is 337. The number of nitriles is 1. The van der Waals surface area contributed by atoms with Crippen LogP contribution in [0.1, 0.15) is 15.9 Å². The van der Waals surface area contributed by atoms with Gasteiger partial charge in [0.05, 0.1) is 12.5 Å². The number of carbonyl (C=O) groups is 1. The number of rotatable bonds is 2. The molecule has 1 aromatic carbocycles. The number of hydrogen-bond donors (Lipinski definition) is 2. The molecule has 0 aliphatic heterocycles. The average molecular weight is 175 g/mol. The number of hydrogen-bond acceptors (Lipinski definition) is 3. The fourth-order valence-electron chi connectivity index (χ4n) is 0.949. The van der Waals surface area contributed by atoms with E-state index in [0.29, 0.717) is 12.0 Å². The summed E-state index contributed by atoms with van der Waals surface area (Å²) in [4.78, 5) is 11.0. The quantitative estimate of drug-likeness (QED) is 0.387. The summed E-state index contributed by atoms with van der Waals surface area (Å²) in [6, 6.07) is 8.75. The van der Waals surface area contributed by atoms with Crippen LogP contribution in [0.2, 0.25) is 0 Å². The van der Waals surface area contributed by atoms with Gasteiger partial charge in [0.25, 0.3) is 5.91 Å². The van der Waals surface area contributed by atoms with E-state index in [-0.39, 0.29) is 5.91 Å². The highest BCUT2D eigenvalue weighted by Gasteiger charge is 2.01. The van der Waals surface area contributed by atoms with Gasteiger partial charge in [-0.1, -0.05) is 12.1 Å². The van der Waals surface area contributed by atoms with E-state index in [2.05, 4.69) is 0 Å². The van der Waals surface area contributed by atoms with Crippen LogP contribution in [0, 0.1) is 11.3 Å². The molecule has 4 heteroatoms. The van der Waals surface area contributed by atoms with Crippen LogP contribution in [-0.4, -0.2) is 5.91 Å². The van der Waals surface area contributed by atoms with Gasteiger partial charge in [-0.15, -0.1) is 0 Å². The second kappa shape index (κ2) is 4.24. The minimum atomic E-state index is -0.330. The first-order valence-electron chi connectivity index (χ1n) is 3.74. The van der Waals surface area contributed by atoms with Gasteiger partial charge < -0.3 is 0 Å². The number of carbonyl (C=O) groups excluding carboxylic acids is 1. The lowest BCUT2D eigenvalue weighted by Crippen LogP contribution is -2.29. The highest BCUT2D eigenvalue weighted by atomic mass is 16.2. The summed E-state index contributed by atoms with van der Waals surface area (Å²) in [5, 5.41) is 8.40. The van der Waals surface area contributed by atoms with Crippen LogP contribution >= 0.6 is 0 Å². The first kappa shape index (κ1) is 9.23. The molecule has 0 atom stereocenters. The molecule has 0 saturated heterocycles. The smallest absolute Gasteiger partial charge is 0.265 e. The Morgan fingerprint density at radius 2 is 2.08 bits per heavy atom. The first-order chi connectivity index (χ1) is 6.27. The molecule has 0 spiro atoms. The molecule has 0 aliphatic rings. The third kappa shape index (κ3) is 2.29. The number of nitrogens with two attached hydrogens (primary N) is 1. The summed E-state index contributed by atoms with van der Waals surface area (Å²) in [5.41, 5.74) is 3.40. The molecular weight excluding hydrogens is 166 g/mol. The molecule has 0 heterocycles. The molecule has 4 nitrogen and oxygen atoms in total. The zero-order valence-corrected chi connectivity index (χ0v) is 6.95. The summed E-state index contributed by atoms with van der Waals surface area (Å²) in [5.74, 6) is 4.62. The standard InChI is InChI=1S/C9H9N3O/c10-6-5-7-1-3-8(4-2-7)9(13)12-11/h1-4H,5,11H2,(H,12,13). The average Bonchev–Trinajstić information content (AvgIpc) is 2.18. The minimum absolute atomic E-state index is 0.330. The SMILES string of the molecule is N#CCc1ccc(C(=O)NN)cc1. The monoisotopic (exact) mass is 175 g/mol. The number of nitrogens with zero attached hydrogens (tertiary/aromatic N) is 1. The summed E-state index contributed by atoms with van der Waals surface area (Å²) in [7, 11) is 0. The largest absolute Gasteiger partial charge is 0.290 e. The lowest BCUT2D eigenvalue weighted by molar-refractivity contribution is 0.0953. The molecule has 0 radical (unpaired) electrons. The number of nitrogens with one attached hydrogen (secondary N) is 1. The van der Waals surface area contributed by atoms with Crippen molar-refractivity contribution in [1.82, 2.24) is 5.43 Å². The van der Waals surface area contributed by atoms with Crippen LogP contribution in [0.15, 0.2) is 24.3 Å². The molecule has 1 rings (SSSR count). The molecule has 0 bridgehead atoms. The van der Waals surface area contributed by atoms with Crippen molar-refractivity contribution < 1.29 is 4.79 Å². The molecule has 0 aliphatic carbocycles. The molecule has 3 N–H and O–H groups in total.